The zero-order valence-electron chi connectivity index (χ0n) is 20.6. The molecule has 0 radical (unpaired) electrons. The van der Waals surface area contributed by atoms with Crippen LogP contribution in [0.2, 0.25) is 0 Å². The normalized spacial score (nSPS) is 20.6. The van der Waals surface area contributed by atoms with Crippen LogP contribution >= 0.6 is 0 Å². The summed E-state index contributed by atoms with van der Waals surface area (Å²) in [5.41, 5.74) is 8.66. The molecule has 172 valence electrons. The number of rotatable bonds is 6. The fraction of sp³-hybridized carbons (Fsp3) is 0.517. The van der Waals surface area contributed by atoms with Crippen molar-refractivity contribution in [2.75, 3.05) is 44.7 Å². The Hall–Kier alpha value is -2.10. The van der Waals surface area contributed by atoms with Gasteiger partial charge in [-0.05, 0) is 70.6 Å². The Kier molecular flexibility index (Phi) is 6.78. The molecular weight excluding hydrogens is 392 g/mol. The third-order valence-electron chi connectivity index (χ3n) is 7.46. The first kappa shape index (κ1) is 23.1. The Morgan fingerprint density at radius 1 is 0.938 bits per heavy atom. The second kappa shape index (κ2) is 9.41. The zero-order valence-corrected chi connectivity index (χ0v) is 20.6. The van der Waals surface area contributed by atoms with Gasteiger partial charge in [-0.2, -0.15) is 0 Å². The molecule has 2 aromatic rings. The molecule has 1 saturated heterocycles. The maximum atomic E-state index is 5.42. The second-order valence-electron chi connectivity index (χ2n) is 10.9. The molecule has 1 fully saturated rings. The number of nitrogens with zero attached hydrogens (tertiary/aromatic N) is 1. The lowest BCUT2D eigenvalue weighted by molar-refractivity contribution is 0.0398. The highest BCUT2D eigenvalue weighted by Crippen LogP contribution is 2.46. The smallest absolute Gasteiger partial charge is 0.0594 e. The van der Waals surface area contributed by atoms with E-state index in [4.69, 9.17) is 4.74 Å². The van der Waals surface area contributed by atoms with E-state index < -0.39 is 0 Å². The average molecular weight is 433 g/mol. The largest absolute Gasteiger partial charge is 0.384 e. The topological polar surface area (TPSA) is 24.5 Å². The minimum Gasteiger partial charge on any atom is -0.384 e. The zero-order chi connectivity index (χ0) is 22.8. The Morgan fingerprint density at radius 3 is 2.28 bits per heavy atom. The molecule has 2 aromatic carbocycles. The lowest BCUT2D eigenvalue weighted by Crippen LogP contribution is -2.38. The summed E-state index contributed by atoms with van der Waals surface area (Å²) in [6.07, 6.45) is 4.81. The minimum absolute atomic E-state index is 0.246. The van der Waals surface area contributed by atoms with E-state index in [2.05, 4.69) is 93.4 Å². The maximum Gasteiger partial charge on any atom is 0.0594 e. The van der Waals surface area contributed by atoms with Crippen molar-refractivity contribution in [2.45, 2.75) is 58.3 Å². The Labute approximate surface area is 194 Å². The van der Waals surface area contributed by atoms with E-state index in [1.807, 2.05) is 0 Å². The number of fused-ring (bicyclic) bond motifs is 1. The van der Waals surface area contributed by atoms with Gasteiger partial charge >= 0.3 is 0 Å². The van der Waals surface area contributed by atoms with Crippen molar-refractivity contribution in [1.29, 1.82) is 0 Å². The first-order valence-electron chi connectivity index (χ1n) is 12.2. The van der Waals surface area contributed by atoms with Crippen LogP contribution in [0.3, 0.4) is 0 Å². The number of anilines is 1. The molecule has 4 rings (SSSR count). The van der Waals surface area contributed by atoms with Crippen LogP contribution in [0.4, 0.5) is 5.69 Å². The fourth-order valence-corrected chi connectivity index (χ4v) is 5.05. The fourth-order valence-electron chi connectivity index (χ4n) is 5.05. The molecular formula is C29H40N2O. The quantitative estimate of drug-likeness (QED) is 0.539. The van der Waals surface area contributed by atoms with Gasteiger partial charge in [-0.15, -0.1) is 0 Å². The van der Waals surface area contributed by atoms with Crippen LogP contribution in [-0.2, 0) is 15.6 Å². The first-order chi connectivity index (χ1) is 15.2. The third kappa shape index (κ3) is 5.27. The molecule has 0 saturated carbocycles. The number of allylic oxidation sites excluding steroid dienone is 1. The van der Waals surface area contributed by atoms with Crippen LogP contribution in [0.1, 0.15) is 69.7 Å². The molecule has 1 N–H and O–H groups in total. The van der Waals surface area contributed by atoms with Crippen LogP contribution in [0.25, 0.3) is 11.6 Å². The van der Waals surface area contributed by atoms with Gasteiger partial charge in [-0.3, -0.25) is 4.90 Å². The molecule has 1 aliphatic heterocycles. The van der Waals surface area contributed by atoms with Gasteiger partial charge in [0.1, 0.15) is 0 Å². The van der Waals surface area contributed by atoms with Crippen molar-refractivity contribution in [2.24, 2.45) is 0 Å². The number of nitrogens with one attached hydrogen (secondary N) is 1. The predicted molar refractivity (Wildman–Crippen MR) is 137 cm³/mol. The van der Waals surface area contributed by atoms with Crippen molar-refractivity contribution in [3.63, 3.8) is 0 Å². The highest BCUT2D eigenvalue weighted by Gasteiger charge is 2.36. The molecule has 3 heteroatoms. The first-order valence-corrected chi connectivity index (χ1v) is 12.2. The SMILES string of the molecule is C/C(=C\c1ccc(NCCN2CCOCC2)cc1)c1ccc2c(c1)C(C)(C)CCC2(C)C. The molecule has 2 aliphatic rings. The summed E-state index contributed by atoms with van der Waals surface area (Å²) >= 11 is 0. The predicted octanol–water partition coefficient (Wildman–Crippen LogP) is 6.34. The molecule has 0 unspecified atom stereocenters. The molecule has 0 bridgehead atoms. The highest BCUT2D eigenvalue weighted by molar-refractivity contribution is 5.81. The van der Waals surface area contributed by atoms with E-state index in [1.165, 1.54) is 46.4 Å². The number of benzene rings is 2. The molecule has 32 heavy (non-hydrogen) atoms. The van der Waals surface area contributed by atoms with Gasteiger partial charge in [-0.25, -0.2) is 0 Å². The van der Waals surface area contributed by atoms with Gasteiger partial charge in [0.05, 0.1) is 13.2 Å². The van der Waals surface area contributed by atoms with Crippen LogP contribution in [-0.4, -0.2) is 44.3 Å². The van der Waals surface area contributed by atoms with Crippen molar-refractivity contribution in [3.05, 3.63) is 64.7 Å². The Bertz CT molecular complexity index is 950. The molecule has 1 aliphatic carbocycles. The number of hydrogen-bond donors (Lipinski definition) is 1. The van der Waals surface area contributed by atoms with Crippen LogP contribution < -0.4 is 5.32 Å². The van der Waals surface area contributed by atoms with E-state index in [1.54, 1.807) is 0 Å². The lowest BCUT2D eigenvalue weighted by Gasteiger charge is -2.42. The highest BCUT2D eigenvalue weighted by atomic mass is 16.5. The average Bonchev–Trinajstić information content (AvgIpc) is 2.79. The summed E-state index contributed by atoms with van der Waals surface area (Å²) in [5, 5.41) is 3.55. The van der Waals surface area contributed by atoms with Crippen LogP contribution in [0.5, 0.6) is 0 Å². The Balaban J connectivity index is 1.42. The number of ether oxygens (including phenoxy) is 1. The van der Waals surface area contributed by atoms with E-state index >= 15 is 0 Å². The number of hydrogen-bond acceptors (Lipinski definition) is 3. The summed E-state index contributed by atoms with van der Waals surface area (Å²) in [7, 11) is 0. The molecule has 0 aromatic heterocycles. The summed E-state index contributed by atoms with van der Waals surface area (Å²) in [6, 6.07) is 16.0. The van der Waals surface area contributed by atoms with Gasteiger partial charge in [0.15, 0.2) is 0 Å². The lowest BCUT2D eigenvalue weighted by atomic mass is 9.63. The summed E-state index contributed by atoms with van der Waals surface area (Å²) < 4.78 is 5.42. The van der Waals surface area contributed by atoms with E-state index in [9.17, 15) is 0 Å². The molecule has 3 nitrogen and oxygen atoms in total. The van der Waals surface area contributed by atoms with Crippen molar-refractivity contribution < 1.29 is 4.74 Å². The maximum absolute atomic E-state index is 5.42. The van der Waals surface area contributed by atoms with Gasteiger partial charge in [0.2, 0.25) is 0 Å². The number of morpholine rings is 1. The van der Waals surface area contributed by atoms with Crippen molar-refractivity contribution >= 4 is 17.3 Å². The molecule has 0 spiro atoms. The van der Waals surface area contributed by atoms with Gasteiger partial charge < -0.3 is 10.1 Å². The second-order valence-corrected chi connectivity index (χ2v) is 10.9. The van der Waals surface area contributed by atoms with Crippen molar-refractivity contribution in [3.8, 4) is 0 Å². The van der Waals surface area contributed by atoms with Crippen LogP contribution in [0.15, 0.2) is 42.5 Å². The molecule has 0 amide bonds. The van der Waals surface area contributed by atoms with Crippen LogP contribution in [0, 0.1) is 0 Å². The molecule has 0 atom stereocenters. The van der Waals surface area contributed by atoms with E-state index in [0.717, 1.165) is 39.4 Å². The third-order valence-corrected chi connectivity index (χ3v) is 7.46. The summed E-state index contributed by atoms with van der Waals surface area (Å²) in [4.78, 5) is 2.46. The standard InChI is InChI=1S/C29H40N2O/c1-22(24-8-11-26-27(21-24)29(4,5)13-12-28(26,2)3)20-23-6-9-25(10-7-23)30-14-15-31-16-18-32-19-17-31/h6-11,20-21,30H,12-19H2,1-5H3/b22-20+. The molecule has 1 heterocycles. The summed E-state index contributed by atoms with van der Waals surface area (Å²) in [6.45, 7) is 17.6. The summed E-state index contributed by atoms with van der Waals surface area (Å²) in [5.74, 6) is 0. The Morgan fingerprint density at radius 2 is 1.59 bits per heavy atom. The van der Waals surface area contributed by atoms with Gasteiger partial charge in [0, 0.05) is 31.9 Å². The monoisotopic (exact) mass is 432 g/mol. The minimum atomic E-state index is 0.246. The van der Waals surface area contributed by atoms with E-state index in [0.29, 0.717) is 0 Å². The van der Waals surface area contributed by atoms with Gasteiger partial charge in [-0.1, -0.05) is 64.1 Å². The van der Waals surface area contributed by atoms with E-state index in [-0.39, 0.29) is 10.8 Å². The van der Waals surface area contributed by atoms with Gasteiger partial charge in [0.25, 0.3) is 0 Å². The van der Waals surface area contributed by atoms with Crippen molar-refractivity contribution in [1.82, 2.24) is 4.90 Å².